The summed E-state index contributed by atoms with van der Waals surface area (Å²) in [6.45, 7) is 4.27. The summed E-state index contributed by atoms with van der Waals surface area (Å²) >= 11 is 0. The lowest BCUT2D eigenvalue weighted by Crippen LogP contribution is -2.55. The second-order valence-corrected chi connectivity index (χ2v) is 6.69. The fraction of sp³-hybridized carbons (Fsp3) is 0.667. The van der Waals surface area contributed by atoms with Crippen LogP contribution < -0.4 is 10.6 Å². The standard InChI is InChI=1S/C18H28N2/c1-2-5-15-8-11-18(14-19,12-9-15)20-13-10-16-6-3-4-7-17(16)20/h3-4,6-7,15H,2,5,8-14,19H2,1H3. The van der Waals surface area contributed by atoms with Crippen LogP contribution >= 0.6 is 0 Å². The van der Waals surface area contributed by atoms with Gasteiger partial charge in [0, 0.05) is 18.8 Å². The van der Waals surface area contributed by atoms with E-state index in [1.807, 2.05) is 0 Å². The zero-order valence-corrected chi connectivity index (χ0v) is 12.8. The average Bonchev–Trinajstić information content (AvgIpc) is 2.93. The van der Waals surface area contributed by atoms with E-state index in [9.17, 15) is 0 Å². The van der Waals surface area contributed by atoms with E-state index < -0.39 is 0 Å². The highest BCUT2D eigenvalue weighted by atomic mass is 15.2. The van der Waals surface area contributed by atoms with Crippen LogP contribution in [0.5, 0.6) is 0 Å². The number of anilines is 1. The molecular weight excluding hydrogens is 244 g/mol. The van der Waals surface area contributed by atoms with Crippen molar-refractivity contribution in [2.45, 2.75) is 57.4 Å². The van der Waals surface area contributed by atoms with E-state index in [0.29, 0.717) is 0 Å². The van der Waals surface area contributed by atoms with Crippen LogP contribution in [0.15, 0.2) is 24.3 Å². The molecule has 1 aliphatic heterocycles. The first-order valence-corrected chi connectivity index (χ1v) is 8.35. The Kier molecular flexibility index (Phi) is 4.02. The van der Waals surface area contributed by atoms with E-state index in [2.05, 4.69) is 36.1 Å². The summed E-state index contributed by atoms with van der Waals surface area (Å²) < 4.78 is 0. The molecule has 1 heterocycles. The summed E-state index contributed by atoms with van der Waals surface area (Å²) in [4.78, 5) is 2.64. The fourth-order valence-corrected chi connectivity index (χ4v) is 4.33. The normalized spacial score (nSPS) is 29.5. The topological polar surface area (TPSA) is 29.3 Å². The van der Waals surface area contributed by atoms with E-state index in [1.54, 1.807) is 0 Å². The highest BCUT2D eigenvalue weighted by molar-refractivity contribution is 5.60. The maximum Gasteiger partial charge on any atom is 0.0524 e. The van der Waals surface area contributed by atoms with Crippen molar-refractivity contribution in [2.24, 2.45) is 11.7 Å². The third kappa shape index (κ3) is 2.35. The maximum absolute atomic E-state index is 6.25. The molecule has 3 rings (SSSR count). The van der Waals surface area contributed by atoms with Gasteiger partial charge in [-0.25, -0.2) is 0 Å². The van der Waals surface area contributed by atoms with Crippen molar-refractivity contribution in [1.29, 1.82) is 0 Å². The summed E-state index contributed by atoms with van der Waals surface area (Å²) in [5.41, 5.74) is 9.45. The largest absolute Gasteiger partial charge is 0.364 e. The monoisotopic (exact) mass is 272 g/mol. The molecule has 0 bridgehead atoms. The van der Waals surface area contributed by atoms with Crippen molar-refractivity contribution in [3.8, 4) is 0 Å². The number of rotatable bonds is 4. The van der Waals surface area contributed by atoms with Crippen LogP contribution in [0.25, 0.3) is 0 Å². The van der Waals surface area contributed by atoms with Gasteiger partial charge in [-0.2, -0.15) is 0 Å². The van der Waals surface area contributed by atoms with E-state index in [4.69, 9.17) is 5.73 Å². The van der Waals surface area contributed by atoms with Crippen LogP contribution in [0.4, 0.5) is 5.69 Å². The van der Waals surface area contributed by atoms with Crippen LogP contribution in [0.2, 0.25) is 0 Å². The lowest BCUT2D eigenvalue weighted by atomic mass is 9.74. The van der Waals surface area contributed by atoms with Crippen LogP contribution in [0.3, 0.4) is 0 Å². The molecule has 2 aliphatic rings. The minimum Gasteiger partial charge on any atom is -0.364 e. The van der Waals surface area contributed by atoms with E-state index >= 15 is 0 Å². The SMILES string of the molecule is CCCC1CCC(CN)(N2CCc3ccccc32)CC1. The second-order valence-electron chi connectivity index (χ2n) is 6.69. The fourth-order valence-electron chi connectivity index (χ4n) is 4.33. The van der Waals surface area contributed by atoms with Crippen LogP contribution in [-0.4, -0.2) is 18.6 Å². The Bertz CT molecular complexity index is 446. The lowest BCUT2D eigenvalue weighted by Gasteiger charge is -2.47. The van der Waals surface area contributed by atoms with Gasteiger partial charge in [0.1, 0.15) is 0 Å². The second kappa shape index (κ2) is 5.77. The van der Waals surface area contributed by atoms with Crippen molar-refractivity contribution in [3.63, 3.8) is 0 Å². The minimum atomic E-state index is 0.233. The third-order valence-corrected chi connectivity index (χ3v) is 5.57. The predicted octanol–water partition coefficient (Wildman–Crippen LogP) is 3.74. The molecule has 0 saturated heterocycles. The van der Waals surface area contributed by atoms with Crippen LogP contribution in [0, 0.1) is 5.92 Å². The van der Waals surface area contributed by atoms with Gasteiger partial charge >= 0.3 is 0 Å². The zero-order valence-electron chi connectivity index (χ0n) is 12.8. The quantitative estimate of drug-likeness (QED) is 0.904. The van der Waals surface area contributed by atoms with Gasteiger partial charge in [-0.05, 0) is 49.7 Å². The number of nitrogens with zero attached hydrogens (tertiary/aromatic N) is 1. The van der Waals surface area contributed by atoms with Crippen LogP contribution in [0.1, 0.15) is 51.0 Å². The number of hydrogen-bond acceptors (Lipinski definition) is 2. The molecular formula is C18H28N2. The van der Waals surface area contributed by atoms with Crippen LogP contribution in [-0.2, 0) is 6.42 Å². The Morgan fingerprint density at radius 3 is 2.70 bits per heavy atom. The summed E-state index contributed by atoms with van der Waals surface area (Å²) in [6.07, 6.45) is 9.21. The lowest BCUT2D eigenvalue weighted by molar-refractivity contribution is 0.219. The van der Waals surface area contributed by atoms with Crippen molar-refractivity contribution >= 4 is 5.69 Å². The molecule has 0 unspecified atom stereocenters. The van der Waals surface area contributed by atoms with Gasteiger partial charge in [0.25, 0.3) is 0 Å². The minimum absolute atomic E-state index is 0.233. The molecule has 0 spiro atoms. The zero-order chi connectivity index (χ0) is 14.0. The Balaban J connectivity index is 1.78. The Labute approximate surface area is 123 Å². The van der Waals surface area contributed by atoms with Crippen molar-refractivity contribution in [1.82, 2.24) is 0 Å². The maximum atomic E-state index is 6.25. The molecule has 2 nitrogen and oxygen atoms in total. The first-order valence-electron chi connectivity index (χ1n) is 8.35. The first-order chi connectivity index (χ1) is 9.79. The number of fused-ring (bicyclic) bond motifs is 1. The van der Waals surface area contributed by atoms with Gasteiger partial charge < -0.3 is 10.6 Å². The number of hydrogen-bond donors (Lipinski definition) is 1. The molecule has 1 saturated carbocycles. The average molecular weight is 272 g/mol. The first kappa shape index (κ1) is 13.9. The van der Waals surface area contributed by atoms with Gasteiger partial charge in [0.05, 0.1) is 5.54 Å². The Morgan fingerprint density at radius 2 is 2.00 bits per heavy atom. The molecule has 0 amide bonds. The van der Waals surface area contributed by atoms with Crippen molar-refractivity contribution in [3.05, 3.63) is 29.8 Å². The molecule has 2 heteroatoms. The number of nitrogens with two attached hydrogens (primary N) is 1. The van der Waals surface area contributed by atoms with E-state index in [-0.39, 0.29) is 5.54 Å². The van der Waals surface area contributed by atoms with Gasteiger partial charge in [-0.15, -0.1) is 0 Å². The van der Waals surface area contributed by atoms with Crippen molar-refractivity contribution < 1.29 is 0 Å². The summed E-state index contributed by atoms with van der Waals surface area (Å²) in [7, 11) is 0. The van der Waals surface area contributed by atoms with E-state index in [1.165, 1.54) is 56.2 Å². The van der Waals surface area contributed by atoms with Gasteiger partial charge in [-0.3, -0.25) is 0 Å². The molecule has 1 aromatic carbocycles. The Hall–Kier alpha value is -1.02. The number of para-hydroxylation sites is 1. The molecule has 110 valence electrons. The summed E-state index contributed by atoms with van der Waals surface area (Å²) in [5, 5.41) is 0. The number of benzene rings is 1. The molecule has 2 N–H and O–H groups in total. The van der Waals surface area contributed by atoms with Gasteiger partial charge in [-0.1, -0.05) is 38.0 Å². The summed E-state index contributed by atoms with van der Waals surface area (Å²) in [6, 6.07) is 8.90. The van der Waals surface area contributed by atoms with Gasteiger partial charge in [0.15, 0.2) is 0 Å². The highest BCUT2D eigenvalue weighted by Crippen LogP contribution is 2.43. The molecule has 20 heavy (non-hydrogen) atoms. The molecule has 0 radical (unpaired) electrons. The third-order valence-electron chi connectivity index (χ3n) is 5.57. The highest BCUT2D eigenvalue weighted by Gasteiger charge is 2.41. The molecule has 1 fully saturated rings. The predicted molar refractivity (Wildman–Crippen MR) is 86.1 cm³/mol. The molecule has 0 atom stereocenters. The molecule has 0 aromatic heterocycles. The van der Waals surface area contributed by atoms with Crippen molar-refractivity contribution in [2.75, 3.05) is 18.0 Å². The Morgan fingerprint density at radius 1 is 1.25 bits per heavy atom. The van der Waals surface area contributed by atoms with E-state index in [0.717, 1.165) is 19.0 Å². The smallest absolute Gasteiger partial charge is 0.0524 e. The molecule has 1 aromatic rings. The summed E-state index contributed by atoms with van der Waals surface area (Å²) in [5.74, 6) is 0.942. The molecule has 1 aliphatic carbocycles. The van der Waals surface area contributed by atoms with Gasteiger partial charge in [0.2, 0.25) is 0 Å².